The van der Waals surface area contributed by atoms with Crippen LogP contribution in [0.15, 0.2) is 53.4 Å². The molecule has 8 heteroatoms. The van der Waals surface area contributed by atoms with Crippen molar-refractivity contribution in [3.05, 3.63) is 54.1 Å². The molecule has 30 heavy (non-hydrogen) atoms. The van der Waals surface area contributed by atoms with Crippen molar-refractivity contribution < 1.29 is 22.7 Å². The first-order chi connectivity index (χ1) is 14.4. The van der Waals surface area contributed by atoms with E-state index >= 15 is 0 Å². The number of hydrogen-bond acceptors (Lipinski definition) is 5. The number of amides is 1. The van der Waals surface area contributed by atoms with Gasteiger partial charge in [-0.3, -0.25) is 4.79 Å². The van der Waals surface area contributed by atoms with Gasteiger partial charge in [-0.05, 0) is 30.5 Å². The average molecular weight is 435 g/mol. The van der Waals surface area contributed by atoms with E-state index < -0.39 is 16.1 Å². The van der Waals surface area contributed by atoms with E-state index in [0.29, 0.717) is 18.0 Å². The van der Waals surface area contributed by atoms with Crippen LogP contribution in [0.4, 0.5) is 0 Å². The molecule has 1 atom stereocenters. The number of sulfonamides is 1. The molecule has 1 amide bonds. The summed E-state index contributed by atoms with van der Waals surface area (Å²) >= 11 is 0. The molecule has 2 aromatic carbocycles. The lowest BCUT2D eigenvalue weighted by molar-refractivity contribution is -0.122. The molecule has 0 aliphatic rings. The number of methoxy groups -OCH3 is 2. The minimum Gasteiger partial charge on any atom is -0.493 e. The van der Waals surface area contributed by atoms with Gasteiger partial charge in [-0.25, -0.2) is 8.42 Å². The maximum Gasteiger partial charge on any atom is 0.241 e. The van der Waals surface area contributed by atoms with Crippen LogP contribution < -0.4 is 19.5 Å². The van der Waals surface area contributed by atoms with Crippen LogP contribution in [0.25, 0.3) is 0 Å². The van der Waals surface area contributed by atoms with Gasteiger partial charge in [-0.15, -0.1) is 0 Å². The van der Waals surface area contributed by atoms with Crippen molar-refractivity contribution in [2.45, 2.75) is 43.5 Å². The molecule has 0 saturated heterocycles. The minimum atomic E-state index is -3.96. The molecule has 7 nitrogen and oxygen atoms in total. The highest BCUT2D eigenvalue weighted by molar-refractivity contribution is 7.89. The fraction of sp³-hybridized carbons (Fsp3) is 0.409. The van der Waals surface area contributed by atoms with Gasteiger partial charge < -0.3 is 14.8 Å². The Kier molecular flexibility index (Phi) is 9.14. The summed E-state index contributed by atoms with van der Waals surface area (Å²) in [5.41, 5.74) is 0.862. The molecule has 2 N–H and O–H groups in total. The molecular weight excluding hydrogens is 404 g/mol. The number of benzene rings is 2. The number of hydrogen-bond donors (Lipinski definition) is 2. The third-order valence-corrected chi connectivity index (χ3v) is 6.11. The fourth-order valence-corrected chi connectivity index (χ4v) is 4.20. The largest absolute Gasteiger partial charge is 0.493 e. The van der Waals surface area contributed by atoms with Crippen LogP contribution in [-0.4, -0.2) is 41.1 Å². The summed E-state index contributed by atoms with van der Waals surface area (Å²) in [5.74, 6) is 0.369. The molecule has 0 aromatic heterocycles. The lowest BCUT2D eigenvalue weighted by Crippen LogP contribution is -2.48. The van der Waals surface area contributed by atoms with Gasteiger partial charge in [0.25, 0.3) is 0 Å². The Hall–Kier alpha value is -2.58. The van der Waals surface area contributed by atoms with Crippen molar-refractivity contribution in [2.24, 2.45) is 0 Å². The van der Waals surface area contributed by atoms with E-state index in [1.165, 1.54) is 32.4 Å². The first kappa shape index (κ1) is 23.7. The van der Waals surface area contributed by atoms with Crippen LogP contribution >= 0.6 is 0 Å². The van der Waals surface area contributed by atoms with Gasteiger partial charge in [0, 0.05) is 12.6 Å². The zero-order valence-electron chi connectivity index (χ0n) is 17.7. The lowest BCUT2D eigenvalue weighted by atomic mass is 10.1. The predicted octanol–water partition coefficient (Wildman–Crippen LogP) is 2.90. The fourth-order valence-electron chi connectivity index (χ4n) is 2.99. The van der Waals surface area contributed by atoms with E-state index in [1.807, 2.05) is 30.3 Å². The summed E-state index contributed by atoms with van der Waals surface area (Å²) in [4.78, 5) is 12.8. The van der Waals surface area contributed by atoms with Gasteiger partial charge in [-0.1, -0.05) is 50.1 Å². The van der Waals surface area contributed by atoms with Crippen LogP contribution in [0.3, 0.4) is 0 Å². The molecule has 0 aliphatic carbocycles. The molecule has 2 aromatic rings. The van der Waals surface area contributed by atoms with Crippen LogP contribution in [0.2, 0.25) is 0 Å². The third kappa shape index (κ3) is 6.74. The summed E-state index contributed by atoms with van der Waals surface area (Å²) in [6, 6.07) is 12.7. The predicted molar refractivity (Wildman–Crippen MR) is 116 cm³/mol. The number of ether oxygens (including phenoxy) is 2. The van der Waals surface area contributed by atoms with Crippen LogP contribution in [-0.2, 0) is 21.2 Å². The molecular formula is C22H30N2O5S. The second-order valence-electron chi connectivity index (χ2n) is 6.88. The van der Waals surface area contributed by atoms with Crippen molar-refractivity contribution in [2.75, 3.05) is 20.8 Å². The molecule has 0 radical (unpaired) electrons. The summed E-state index contributed by atoms with van der Waals surface area (Å²) in [5, 5.41) is 2.84. The maximum absolute atomic E-state index is 13.0. The number of carbonyl (C=O) groups is 1. The van der Waals surface area contributed by atoms with Crippen molar-refractivity contribution in [1.29, 1.82) is 0 Å². The van der Waals surface area contributed by atoms with Gasteiger partial charge in [0.15, 0.2) is 11.5 Å². The number of rotatable bonds is 12. The van der Waals surface area contributed by atoms with E-state index in [2.05, 4.69) is 17.0 Å². The molecule has 2 rings (SSSR count). The third-order valence-electron chi connectivity index (χ3n) is 4.64. The summed E-state index contributed by atoms with van der Waals surface area (Å²) in [6.07, 6.45) is 3.13. The monoisotopic (exact) mass is 434 g/mol. The number of nitrogens with one attached hydrogen (secondary N) is 2. The smallest absolute Gasteiger partial charge is 0.241 e. The Morgan fingerprint density at radius 1 is 1.00 bits per heavy atom. The molecule has 0 aliphatic heterocycles. The Morgan fingerprint density at radius 3 is 2.33 bits per heavy atom. The second kappa shape index (κ2) is 11.6. The molecule has 0 saturated carbocycles. The van der Waals surface area contributed by atoms with Crippen LogP contribution in [0, 0.1) is 0 Å². The highest BCUT2D eigenvalue weighted by atomic mass is 32.2. The molecule has 0 fully saturated rings. The minimum absolute atomic E-state index is 0.00278. The van der Waals surface area contributed by atoms with E-state index in [-0.39, 0.29) is 17.2 Å². The highest BCUT2D eigenvalue weighted by Crippen LogP contribution is 2.29. The Morgan fingerprint density at radius 2 is 1.70 bits per heavy atom. The van der Waals surface area contributed by atoms with Crippen molar-refractivity contribution in [3.63, 3.8) is 0 Å². The van der Waals surface area contributed by atoms with E-state index in [4.69, 9.17) is 9.47 Å². The normalized spacial score (nSPS) is 12.2. The van der Waals surface area contributed by atoms with Crippen LogP contribution in [0.5, 0.6) is 11.5 Å². The molecule has 0 heterocycles. The van der Waals surface area contributed by atoms with Gasteiger partial charge in [0.05, 0.1) is 19.1 Å². The zero-order valence-corrected chi connectivity index (χ0v) is 18.5. The van der Waals surface area contributed by atoms with E-state index in [0.717, 1.165) is 24.8 Å². The van der Waals surface area contributed by atoms with Gasteiger partial charge in [0.1, 0.15) is 6.04 Å². The molecule has 0 spiro atoms. The first-order valence-corrected chi connectivity index (χ1v) is 11.5. The van der Waals surface area contributed by atoms with Crippen molar-refractivity contribution in [3.8, 4) is 11.5 Å². The topological polar surface area (TPSA) is 93.7 Å². The van der Waals surface area contributed by atoms with E-state index in [9.17, 15) is 13.2 Å². The molecule has 0 unspecified atom stereocenters. The first-order valence-electron chi connectivity index (χ1n) is 9.97. The average Bonchev–Trinajstić information content (AvgIpc) is 2.76. The van der Waals surface area contributed by atoms with Gasteiger partial charge in [0.2, 0.25) is 15.9 Å². The maximum atomic E-state index is 13.0. The molecule has 0 bridgehead atoms. The highest BCUT2D eigenvalue weighted by Gasteiger charge is 2.26. The second-order valence-corrected chi connectivity index (χ2v) is 8.59. The van der Waals surface area contributed by atoms with Gasteiger partial charge >= 0.3 is 0 Å². The van der Waals surface area contributed by atoms with Crippen molar-refractivity contribution >= 4 is 15.9 Å². The number of unbranched alkanes of at least 4 members (excludes halogenated alkanes) is 2. The van der Waals surface area contributed by atoms with Crippen molar-refractivity contribution in [1.82, 2.24) is 10.0 Å². The van der Waals surface area contributed by atoms with Crippen LogP contribution in [0.1, 0.15) is 31.7 Å². The number of carbonyl (C=O) groups excluding carboxylic acids is 1. The zero-order chi connectivity index (χ0) is 22.0. The van der Waals surface area contributed by atoms with E-state index in [1.54, 1.807) is 0 Å². The Labute approximate surface area is 178 Å². The SMILES string of the molecule is CCCCCNC(=O)[C@@H](Cc1ccccc1)NS(=O)(=O)c1ccc(OC)c(OC)c1. The van der Waals surface area contributed by atoms with Gasteiger partial charge in [-0.2, -0.15) is 4.72 Å². The summed E-state index contributed by atoms with van der Waals surface area (Å²) in [7, 11) is -1.05. The lowest BCUT2D eigenvalue weighted by Gasteiger charge is -2.19. The quantitative estimate of drug-likeness (QED) is 0.501. The Balaban J connectivity index is 2.23. The molecule has 164 valence electrons. The Bertz CT molecular complexity index is 916. The summed E-state index contributed by atoms with van der Waals surface area (Å²) in [6.45, 7) is 2.59. The summed E-state index contributed by atoms with van der Waals surface area (Å²) < 4.78 is 38.9. The standard InChI is InChI=1S/C22H30N2O5S/c1-4-5-9-14-23-22(25)19(15-17-10-7-6-8-11-17)24-30(26,27)18-12-13-20(28-2)21(16-18)29-3/h6-8,10-13,16,19,24H,4-5,9,14-15H2,1-3H3,(H,23,25)/t19-/m1/s1.